The van der Waals surface area contributed by atoms with E-state index in [-0.39, 0.29) is 23.9 Å². The Morgan fingerprint density at radius 2 is 1.84 bits per heavy atom. The van der Waals surface area contributed by atoms with Crippen molar-refractivity contribution in [2.45, 2.75) is 39.3 Å². The van der Waals surface area contributed by atoms with E-state index in [0.717, 1.165) is 17.5 Å². The largest absolute Gasteiger partial charge is 0.435 e. The number of benzene rings is 2. The highest BCUT2D eigenvalue weighted by molar-refractivity contribution is 5.80. The van der Waals surface area contributed by atoms with Crippen LogP contribution in [0.3, 0.4) is 0 Å². The molecule has 7 heteroatoms. The first-order chi connectivity index (χ1) is 15.4. The zero-order valence-electron chi connectivity index (χ0n) is 18.0. The maximum atomic E-state index is 13.9. The molecule has 0 saturated carbocycles. The molecular weight excluding hydrogens is 417 g/mol. The van der Waals surface area contributed by atoms with Crippen molar-refractivity contribution < 1.29 is 22.7 Å². The van der Waals surface area contributed by atoms with Crippen LogP contribution in [-0.4, -0.2) is 28.9 Å². The first-order valence-electron chi connectivity index (χ1n) is 10.4. The summed E-state index contributed by atoms with van der Waals surface area (Å²) in [6.45, 7) is 1.25. The molecular formula is C25H25F3N2O2. The number of pyridine rings is 1. The Morgan fingerprint density at radius 3 is 2.44 bits per heavy atom. The summed E-state index contributed by atoms with van der Waals surface area (Å²) >= 11 is 0. The third-order valence-electron chi connectivity index (χ3n) is 5.10. The SMILES string of the molecule is CCCN(C(=O)Cc1ccc(OC(F)F)cc1)[C@H](c1cccnc1)c1ccc(F)c(C)c1. The summed E-state index contributed by atoms with van der Waals surface area (Å²) in [4.78, 5) is 19.3. The highest BCUT2D eigenvalue weighted by atomic mass is 19.3. The minimum atomic E-state index is -2.90. The van der Waals surface area contributed by atoms with Gasteiger partial charge in [0.05, 0.1) is 12.5 Å². The molecule has 0 N–H and O–H groups in total. The maximum absolute atomic E-state index is 13.9. The second kappa shape index (κ2) is 10.8. The summed E-state index contributed by atoms with van der Waals surface area (Å²) in [5, 5.41) is 0. The fraction of sp³-hybridized carbons (Fsp3) is 0.280. The van der Waals surface area contributed by atoms with E-state index in [2.05, 4.69) is 9.72 Å². The van der Waals surface area contributed by atoms with Gasteiger partial charge in [0.25, 0.3) is 0 Å². The molecule has 0 bridgehead atoms. The quantitative estimate of drug-likeness (QED) is 0.427. The Labute approximate surface area is 185 Å². The number of aryl methyl sites for hydroxylation is 1. The van der Waals surface area contributed by atoms with E-state index < -0.39 is 12.7 Å². The zero-order valence-corrected chi connectivity index (χ0v) is 18.0. The number of halogens is 3. The van der Waals surface area contributed by atoms with Gasteiger partial charge in [-0.15, -0.1) is 0 Å². The van der Waals surface area contributed by atoms with Crippen molar-refractivity contribution in [2.75, 3.05) is 6.54 Å². The lowest BCUT2D eigenvalue weighted by Gasteiger charge is -2.33. The van der Waals surface area contributed by atoms with Gasteiger partial charge in [-0.2, -0.15) is 8.78 Å². The van der Waals surface area contributed by atoms with Gasteiger partial charge in [-0.05, 0) is 59.9 Å². The molecule has 1 atom stereocenters. The van der Waals surface area contributed by atoms with Gasteiger partial charge >= 0.3 is 6.61 Å². The minimum Gasteiger partial charge on any atom is -0.435 e. The van der Waals surface area contributed by atoms with E-state index in [1.54, 1.807) is 54.5 Å². The second-order valence-electron chi connectivity index (χ2n) is 7.48. The van der Waals surface area contributed by atoms with Crippen LogP contribution in [0.2, 0.25) is 0 Å². The Hall–Kier alpha value is -3.35. The number of aromatic nitrogens is 1. The second-order valence-corrected chi connectivity index (χ2v) is 7.48. The summed E-state index contributed by atoms with van der Waals surface area (Å²) in [5.74, 6) is -0.403. The number of alkyl halides is 2. The molecule has 0 aliphatic rings. The topological polar surface area (TPSA) is 42.4 Å². The molecule has 0 aliphatic heterocycles. The van der Waals surface area contributed by atoms with Crippen molar-refractivity contribution in [2.24, 2.45) is 0 Å². The summed E-state index contributed by atoms with van der Waals surface area (Å²) in [6, 6.07) is 14.1. The van der Waals surface area contributed by atoms with Crippen LogP contribution in [0.15, 0.2) is 67.0 Å². The summed E-state index contributed by atoms with van der Waals surface area (Å²) in [5.41, 5.74) is 2.79. The van der Waals surface area contributed by atoms with Crippen molar-refractivity contribution >= 4 is 5.91 Å². The normalized spacial score (nSPS) is 11.9. The predicted octanol–water partition coefficient (Wildman–Crippen LogP) is 5.70. The third-order valence-corrected chi connectivity index (χ3v) is 5.10. The molecule has 1 aromatic heterocycles. The van der Waals surface area contributed by atoms with E-state index in [1.807, 2.05) is 13.0 Å². The van der Waals surface area contributed by atoms with Crippen molar-refractivity contribution in [1.29, 1.82) is 0 Å². The Balaban J connectivity index is 1.92. The zero-order chi connectivity index (χ0) is 23.1. The monoisotopic (exact) mass is 442 g/mol. The number of amides is 1. The van der Waals surface area contributed by atoms with E-state index in [1.165, 1.54) is 18.2 Å². The van der Waals surface area contributed by atoms with E-state index in [4.69, 9.17) is 0 Å². The Bertz CT molecular complexity index is 1030. The molecule has 168 valence electrons. The molecule has 0 spiro atoms. The van der Waals surface area contributed by atoms with Gasteiger partial charge in [-0.3, -0.25) is 9.78 Å². The van der Waals surface area contributed by atoms with Crippen molar-refractivity contribution in [3.8, 4) is 5.75 Å². The molecule has 4 nitrogen and oxygen atoms in total. The predicted molar refractivity (Wildman–Crippen MR) is 116 cm³/mol. The highest BCUT2D eigenvalue weighted by Gasteiger charge is 2.27. The van der Waals surface area contributed by atoms with Crippen LogP contribution >= 0.6 is 0 Å². The van der Waals surface area contributed by atoms with E-state index >= 15 is 0 Å². The number of hydrogen-bond acceptors (Lipinski definition) is 3. The summed E-state index contributed by atoms with van der Waals surface area (Å²) in [6.07, 6.45) is 4.18. The lowest BCUT2D eigenvalue weighted by atomic mass is 9.95. The standard InChI is InChI=1S/C25H25F3N2O2/c1-3-13-30(23(31)15-18-6-9-21(10-7-18)32-25(27)28)24(20-5-4-12-29-16-20)19-8-11-22(26)17(2)14-19/h4-12,14,16,24-25H,3,13,15H2,1-2H3/t24-/m0/s1. The van der Waals surface area contributed by atoms with Gasteiger partial charge < -0.3 is 9.64 Å². The van der Waals surface area contributed by atoms with Gasteiger partial charge in [0.2, 0.25) is 5.91 Å². The molecule has 32 heavy (non-hydrogen) atoms. The molecule has 1 heterocycles. The highest BCUT2D eigenvalue weighted by Crippen LogP contribution is 2.30. The molecule has 3 aromatic rings. The fourth-order valence-electron chi connectivity index (χ4n) is 3.63. The maximum Gasteiger partial charge on any atom is 0.387 e. The molecule has 0 saturated heterocycles. The lowest BCUT2D eigenvalue weighted by molar-refractivity contribution is -0.132. The molecule has 0 unspecified atom stereocenters. The Kier molecular flexibility index (Phi) is 7.87. The number of nitrogens with zero attached hydrogens (tertiary/aromatic N) is 2. The van der Waals surface area contributed by atoms with Crippen LogP contribution < -0.4 is 4.74 Å². The van der Waals surface area contributed by atoms with Crippen molar-refractivity contribution in [3.05, 3.63) is 95.1 Å². The number of rotatable bonds is 9. The van der Waals surface area contributed by atoms with E-state index in [9.17, 15) is 18.0 Å². The van der Waals surface area contributed by atoms with Crippen LogP contribution in [0.4, 0.5) is 13.2 Å². The van der Waals surface area contributed by atoms with Crippen LogP contribution in [-0.2, 0) is 11.2 Å². The smallest absolute Gasteiger partial charge is 0.387 e. The minimum absolute atomic E-state index is 0.0386. The fourth-order valence-corrected chi connectivity index (χ4v) is 3.63. The number of carbonyl (C=O) groups excluding carboxylic acids is 1. The first kappa shape index (κ1) is 23.3. The van der Waals surface area contributed by atoms with E-state index in [0.29, 0.717) is 17.7 Å². The average molecular weight is 442 g/mol. The van der Waals surface area contributed by atoms with Gasteiger partial charge in [-0.1, -0.05) is 37.3 Å². The average Bonchev–Trinajstić information content (AvgIpc) is 2.77. The van der Waals surface area contributed by atoms with Gasteiger partial charge in [0.1, 0.15) is 11.6 Å². The van der Waals surface area contributed by atoms with Gasteiger partial charge in [0, 0.05) is 18.9 Å². The molecule has 3 rings (SSSR count). The van der Waals surface area contributed by atoms with Crippen LogP contribution in [0, 0.1) is 12.7 Å². The van der Waals surface area contributed by atoms with Crippen LogP contribution in [0.25, 0.3) is 0 Å². The van der Waals surface area contributed by atoms with Crippen LogP contribution in [0.5, 0.6) is 5.75 Å². The summed E-state index contributed by atoms with van der Waals surface area (Å²) in [7, 11) is 0. The van der Waals surface area contributed by atoms with Gasteiger partial charge in [-0.25, -0.2) is 4.39 Å². The third kappa shape index (κ3) is 5.87. The number of hydrogen-bond donors (Lipinski definition) is 0. The molecule has 1 amide bonds. The lowest BCUT2D eigenvalue weighted by Crippen LogP contribution is -2.37. The molecule has 0 radical (unpaired) electrons. The van der Waals surface area contributed by atoms with Crippen molar-refractivity contribution in [1.82, 2.24) is 9.88 Å². The van der Waals surface area contributed by atoms with Crippen molar-refractivity contribution in [3.63, 3.8) is 0 Å². The Morgan fingerprint density at radius 1 is 1.09 bits per heavy atom. The van der Waals surface area contributed by atoms with Gasteiger partial charge in [0.15, 0.2) is 0 Å². The molecule has 2 aromatic carbocycles. The molecule has 0 fully saturated rings. The van der Waals surface area contributed by atoms with Crippen LogP contribution in [0.1, 0.15) is 41.6 Å². The first-order valence-corrected chi connectivity index (χ1v) is 10.4. The number of carbonyl (C=O) groups is 1. The molecule has 0 aliphatic carbocycles. The summed E-state index contributed by atoms with van der Waals surface area (Å²) < 4.78 is 43.0. The number of ether oxygens (including phenoxy) is 1.